The summed E-state index contributed by atoms with van der Waals surface area (Å²) in [7, 11) is 4.04. The Kier molecular flexibility index (Phi) is 6.84. The van der Waals surface area contributed by atoms with E-state index in [0.29, 0.717) is 25.2 Å². The summed E-state index contributed by atoms with van der Waals surface area (Å²) < 4.78 is 1.98. The van der Waals surface area contributed by atoms with E-state index in [1.807, 2.05) is 49.1 Å². The molecular weight excluding hydrogens is 406 g/mol. The molecule has 2 unspecified atom stereocenters. The van der Waals surface area contributed by atoms with Gasteiger partial charge >= 0.3 is 0 Å². The fraction of sp³-hybridized carbons (Fsp3) is 0.478. The minimum absolute atomic E-state index is 0.328. The van der Waals surface area contributed by atoms with E-state index in [2.05, 4.69) is 26.1 Å². The highest BCUT2D eigenvalue weighted by Crippen LogP contribution is 2.29. The molecule has 2 atom stereocenters. The van der Waals surface area contributed by atoms with E-state index in [4.69, 9.17) is 5.10 Å². The predicted molar refractivity (Wildman–Crippen MR) is 123 cm³/mol. The summed E-state index contributed by atoms with van der Waals surface area (Å²) in [5, 5.41) is 7.59. The molecule has 1 aliphatic carbocycles. The van der Waals surface area contributed by atoms with Crippen LogP contribution < -0.4 is 21.1 Å². The monoisotopic (exact) mass is 437 g/mol. The number of hydrogen-bond acceptors (Lipinski definition) is 7. The molecule has 32 heavy (non-hydrogen) atoms. The number of hydrogen-bond donors (Lipinski definition) is 3. The molecule has 0 spiro atoms. The van der Waals surface area contributed by atoms with Gasteiger partial charge in [-0.3, -0.25) is 4.79 Å². The van der Waals surface area contributed by atoms with E-state index in [9.17, 15) is 9.59 Å². The number of carbonyl (C=O) groups is 2. The molecule has 1 amide bonds. The van der Waals surface area contributed by atoms with Gasteiger partial charge in [0.25, 0.3) is 5.91 Å². The number of fused-ring (bicyclic) bond motifs is 1. The molecule has 2 heterocycles. The zero-order valence-electron chi connectivity index (χ0n) is 18.7. The molecule has 3 N–H and O–H groups in total. The normalized spacial score (nSPS) is 18.3. The van der Waals surface area contributed by atoms with Crippen molar-refractivity contribution in [2.24, 2.45) is 4.99 Å². The van der Waals surface area contributed by atoms with Crippen LogP contribution in [-0.2, 0) is 35.4 Å². The number of amides is 1. The van der Waals surface area contributed by atoms with Crippen molar-refractivity contribution in [1.29, 1.82) is 0 Å². The Labute approximate surface area is 188 Å². The second-order valence-corrected chi connectivity index (χ2v) is 8.52. The lowest BCUT2D eigenvalue weighted by atomic mass is 9.97. The number of aldehydes is 1. The highest BCUT2D eigenvalue weighted by molar-refractivity contribution is 5.92. The van der Waals surface area contributed by atoms with Gasteiger partial charge in [0.2, 0.25) is 0 Å². The first-order valence-corrected chi connectivity index (χ1v) is 11.2. The summed E-state index contributed by atoms with van der Waals surface area (Å²) in [6.45, 7) is 0.559. The lowest BCUT2D eigenvalue weighted by Crippen LogP contribution is -2.48. The van der Waals surface area contributed by atoms with Crippen LogP contribution in [0.1, 0.15) is 36.1 Å². The van der Waals surface area contributed by atoms with Crippen LogP contribution in [0.5, 0.6) is 0 Å². The predicted octanol–water partition coefficient (Wildman–Crippen LogP) is 0.977. The molecule has 1 aliphatic heterocycles. The van der Waals surface area contributed by atoms with Crippen LogP contribution in [0.25, 0.3) is 0 Å². The van der Waals surface area contributed by atoms with Crippen molar-refractivity contribution in [3.05, 3.63) is 47.2 Å². The molecule has 4 rings (SSSR count). The Morgan fingerprint density at radius 2 is 2.06 bits per heavy atom. The highest BCUT2D eigenvalue weighted by atomic mass is 16.2. The maximum absolute atomic E-state index is 12.6. The number of nitrogens with one attached hydrogen (secondary N) is 3. The zero-order chi connectivity index (χ0) is 22.5. The van der Waals surface area contributed by atoms with Gasteiger partial charge in [0.1, 0.15) is 17.9 Å². The number of aryl methyl sites for hydroxylation is 2. The molecule has 2 aliphatic rings. The first kappa shape index (κ1) is 22.0. The van der Waals surface area contributed by atoms with Crippen molar-refractivity contribution >= 4 is 23.8 Å². The molecule has 2 aromatic rings. The molecule has 0 bridgehead atoms. The van der Waals surface area contributed by atoms with Crippen LogP contribution in [0.2, 0.25) is 0 Å². The number of rotatable bonds is 9. The first-order valence-electron chi connectivity index (χ1n) is 11.2. The molecule has 0 saturated heterocycles. The summed E-state index contributed by atoms with van der Waals surface area (Å²) in [5.41, 5.74) is 9.42. The van der Waals surface area contributed by atoms with E-state index >= 15 is 0 Å². The average molecular weight is 438 g/mol. The van der Waals surface area contributed by atoms with E-state index in [0.717, 1.165) is 36.2 Å². The second kappa shape index (κ2) is 9.95. The van der Waals surface area contributed by atoms with Crippen molar-refractivity contribution in [2.75, 3.05) is 19.0 Å². The number of benzene rings is 1. The lowest BCUT2D eigenvalue weighted by Gasteiger charge is -2.20. The fourth-order valence-electron chi connectivity index (χ4n) is 4.32. The van der Waals surface area contributed by atoms with E-state index in [1.54, 1.807) is 0 Å². The smallest absolute Gasteiger partial charge is 0.261 e. The SMILES string of the molecule is CN(C)c1c2c(nn1CCC(C=O)NC(=O)C1N=C(Cc3ccccc3)NN1)CCCC2. The van der Waals surface area contributed by atoms with Crippen LogP contribution in [0.15, 0.2) is 35.3 Å². The molecule has 9 heteroatoms. The average Bonchev–Trinajstić information content (AvgIpc) is 3.41. The van der Waals surface area contributed by atoms with Gasteiger partial charge in [-0.2, -0.15) is 5.10 Å². The van der Waals surface area contributed by atoms with Crippen molar-refractivity contribution < 1.29 is 9.59 Å². The number of anilines is 1. The summed E-state index contributed by atoms with van der Waals surface area (Å²) in [6, 6.07) is 9.31. The van der Waals surface area contributed by atoms with Crippen LogP contribution in [0.3, 0.4) is 0 Å². The molecular formula is C23H31N7O2. The maximum Gasteiger partial charge on any atom is 0.261 e. The van der Waals surface area contributed by atoms with Gasteiger partial charge in [-0.05, 0) is 37.7 Å². The van der Waals surface area contributed by atoms with Crippen molar-refractivity contribution in [3.63, 3.8) is 0 Å². The van der Waals surface area contributed by atoms with Gasteiger partial charge < -0.3 is 20.4 Å². The molecule has 0 fully saturated rings. The Morgan fingerprint density at radius 1 is 1.28 bits per heavy atom. The third kappa shape index (κ3) is 4.99. The number of nitrogens with zero attached hydrogens (tertiary/aromatic N) is 4. The van der Waals surface area contributed by atoms with E-state index < -0.39 is 12.2 Å². The molecule has 0 radical (unpaired) electrons. The maximum atomic E-state index is 12.6. The first-order chi connectivity index (χ1) is 15.5. The summed E-state index contributed by atoms with van der Waals surface area (Å²) in [5.74, 6) is 1.47. The standard InChI is InChI=1S/C23H31N7O2/c1-29(2)23-18-10-6-7-11-19(18)28-30(23)13-12-17(15-31)24-22(32)21-25-20(26-27-21)14-16-8-4-3-5-9-16/h3-5,8-9,15,17,21,27H,6-7,10-14H2,1-2H3,(H,24,32)(H,25,26). The van der Waals surface area contributed by atoms with Crippen molar-refractivity contribution in [2.45, 2.75) is 57.3 Å². The molecule has 1 aromatic carbocycles. The van der Waals surface area contributed by atoms with Gasteiger partial charge in [0, 0.05) is 32.6 Å². The van der Waals surface area contributed by atoms with Crippen LogP contribution in [0.4, 0.5) is 5.82 Å². The molecule has 170 valence electrons. The number of hydrazine groups is 1. The number of carbonyl (C=O) groups excluding carboxylic acids is 2. The lowest BCUT2D eigenvalue weighted by molar-refractivity contribution is -0.125. The fourth-order valence-corrected chi connectivity index (χ4v) is 4.32. The Hall–Kier alpha value is -3.20. The number of aliphatic imine (C=N–C) groups is 1. The molecule has 9 nitrogen and oxygen atoms in total. The minimum Gasteiger partial charge on any atom is -0.363 e. The molecule has 1 aromatic heterocycles. The Bertz CT molecular complexity index is 984. The third-order valence-corrected chi connectivity index (χ3v) is 5.86. The number of amidine groups is 1. The summed E-state index contributed by atoms with van der Waals surface area (Å²) in [6.07, 6.45) is 5.49. The quantitative estimate of drug-likeness (QED) is 0.505. The minimum atomic E-state index is -0.759. The van der Waals surface area contributed by atoms with Gasteiger partial charge in [0.15, 0.2) is 6.17 Å². The number of aromatic nitrogens is 2. The Morgan fingerprint density at radius 3 is 2.81 bits per heavy atom. The van der Waals surface area contributed by atoms with Crippen LogP contribution in [-0.4, -0.2) is 54.1 Å². The van der Waals surface area contributed by atoms with Gasteiger partial charge in [-0.25, -0.2) is 15.1 Å². The Balaban J connectivity index is 1.35. The third-order valence-electron chi connectivity index (χ3n) is 5.86. The topological polar surface area (TPSA) is 104 Å². The zero-order valence-corrected chi connectivity index (χ0v) is 18.7. The molecule has 0 saturated carbocycles. The largest absolute Gasteiger partial charge is 0.363 e. The highest BCUT2D eigenvalue weighted by Gasteiger charge is 2.26. The van der Waals surface area contributed by atoms with E-state index in [1.165, 1.54) is 18.4 Å². The van der Waals surface area contributed by atoms with Crippen LogP contribution >= 0.6 is 0 Å². The van der Waals surface area contributed by atoms with Crippen molar-refractivity contribution in [3.8, 4) is 0 Å². The van der Waals surface area contributed by atoms with Crippen LogP contribution in [0, 0.1) is 0 Å². The van der Waals surface area contributed by atoms with Gasteiger partial charge in [0.05, 0.1) is 11.7 Å². The summed E-state index contributed by atoms with van der Waals surface area (Å²) >= 11 is 0. The summed E-state index contributed by atoms with van der Waals surface area (Å²) in [4.78, 5) is 30.8. The van der Waals surface area contributed by atoms with Crippen molar-refractivity contribution in [1.82, 2.24) is 25.9 Å². The van der Waals surface area contributed by atoms with Gasteiger partial charge in [-0.1, -0.05) is 30.3 Å². The second-order valence-electron chi connectivity index (χ2n) is 8.52. The van der Waals surface area contributed by atoms with Gasteiger partial charge in [-0.15, -0.1) is 0 Å². The van der Waals surface area contributed by atoms with E-state index in [-0.39, 0.29) is 5.91 Å².